The molecule has 8 heteroatoms. The molecule has 0 unspecified atom stereocenters. The molecule has 8 rings (SSSR count). The van der Waals surface area contributed by atoms with Crippen molar-refractivity contribution in [1.82, 2.24) is 0 Å². The molecule has 0 fully saturated rings. The summed E-state index contributed by atoms with van der Waals surface area (Å²) in [6.07, 6.45) is 0. The van der Waals surface area contributed by atoms with Gasteiger partial charge in [0, 0.05) is 44.2 Å². The third-order valence-electron chi connectivity index (χ3n) is 14.5. The summed E-state index contributed by atoms with van der Waals surface area (Å²) in [5, 5.41) is 4.21. The Hall–Kier alpha value is -4.89. The van der Waals surface area contributed by atoms with Crippen molar-refractivity contribution in [3.63, 3.8) is 0 Å². The van der Waals surface area contributed by atoms with Gasteiger partial charge in [-0.05, 0) is 113 Å². The molecular formula is C66H86O6P2. The van der Waals surface area contributed by atoms with Crippen molar-refractivity contribution in [3.8, 4) is 34.1 Å². The normalized spacial score (nSPS) is 14.4. The minimum atomic E-state index is -2.17. The van der Waals surface area contributed by atoms with Gasteiger partial charge in [-0.1, -0.05) is 215 Å². The highest BCUT2D eigenvalue weighted by Crippen LogP contribution is 2.59. The molecule has 1 aromatic heterocycles. The molecule has 0 atom stereocenters. The standard InChI is InChI=1S/C66H86O6P2/c1-59(2,3)41-31-45(55(49(35-41)63(13,14)15)69-73-67-53-29-39-27-25-26-28-40(39)30-54(53)68-73)46-32-42(60(4,5)6)36-50(64(16,17)18)56(46)70-74-71-57-47(33-43(61(7,8)9)37-51(57)65(19,20)21)48-34-44(62(10,11)12)38-52(58(48)72-74)66(22,23)24/h25-38H,1-24H3. The molecule has 7 aromatic rings. The predicted octanol–water partition coefficient (Wildman–Crippen LogP) is 21.4. The van der Waals surface area contributed by atoms with Crippen LogP contribution in [-0.4, -0.2) is 0 Å². The van der Waals surface area contributed by atoms with Crippen LogP contribution >= 0.6 is 16.8 Å². The largest absolute Gasteiger partial charge is 0.530 e. The van der Waals surface area contributed by atoms with E-state index < -0.39 is 16.8 Å². The van der Waals surface area contributed by atoms with Crippen LogP contribution in [0.3, 0.4) is 0 Å². The van der Waals surface area contributed by atoms with E-state index >= 15 is 0 Å². The maximum Gasteiger partial charge on any atom is 0.530 e. The van der Waals surface area contributed by atoms with Gasteiger partial charge in [-0.25, -0.2) is 0 Å². The first-order chi connectivity index (χ1) is 33.7. The second kappa shape index (κ2) is 18.4. The van der Waals surface area contributed by atoms with Crippen LogP contribution in [-0.2, 0) is 43.3 Å². The van der Waals surface area contributed by atoms with Crippen molar-refractivity contribution >= 4 is 49.6 Å². The van der Waals surface area contributed by atoms with E-state index in [2.05, 4.69) is 227 Å². The quantitative estimate of drug-likeness (QED) is 0.160. The Morgan fingerprint density at radius 3 is 0.973 bits per heavy atom. The molecule has 1 aliphatic rings. The van der Waals surface area contributed by atoms with E-state index in [1.807, 2.05) is 24.3 Å². The monoisotopic (exact) mass is 1040 g/mol. The highest BCUT2D eigenvalue weighted by Gasteiger charge is 2.38. The third-order valence-corrected chi connectivity index (χ3v) is 16.5. The highest BCUT2D eigenvalue weighted by molar-refractivity contribution is 7.43. The molecule has 0 aliphatic carbocycles. The first-order valence-electron chi connectivity index (χ1n) is 26.7. The van der Waals surface area contributed by atoms with Gasteiger partial charge in [0.05, 0.1) is 0 Å². The molecule has 396 valence electrons. The zero-order valence-electron chi connectivity index (χ0n) is 49.4. The summed E-state index contributed by atoms with van der Waals surface area (Å²) in [6, 6.07) is 31.1. The van der Waals surface area contributed by atoms with E-state index in [4.69, 9.17) is 26.5 Å². The Morgan fingerprint density at radius 2 is 0.649 bits per heavy atom. The maximum absolute atomic E-state index is 7.77. The summed E-state index contributed by atoms with van der Waals surface area (Å²) in [4.78, 5) is 0. The molecule has 2 heterocycles. The van der Waals surface area contributed by atoms with Gasteiger partial charge in [0.1, 0.15) is 22.7 Å². The predicted molar refractivity (Wildman–Crippen MR) is 317 cm³/mol. The van der Waals surface area contributed by atoms with Crippen LogP contribution in [0.1, 0.15) is 211 Å². The summed E-state index contributed by atoms with van der Waals surface area (Å²) in [6.45, 7) is 54.6. The van der Waals surface area contributed by atoms with Gasteiger partial charge in [0.2, 0.25) is 0 Å². The van der Waals surface area contributed by atoms with Gasteiger partial charge in [-0.2, -0.15) is 0 Å². The molecule has 1 aliphatic heterocycles. The number of benzene rings is 6. The maximum atomic E-state index is 7.77. The summed E-state index contributed by atoms with van der Waals surface area (Å²) >= 11 is 0. The van der Waals surface area contributed by atoms with E-state index in [-0.39, 0.29) is 43.3 Å². The van der Waals surface area contributed by atoms with E-state index in [0.717, 1.165) is 66.1 Å². The van der Waals surface area contributed by atoms with Crippen LogP contribution in [0.25, 0.3) is 43.8 Å². The van der Waals surface area contributed by atoms with Gasteiger partial charge < -0.3 is 26.5 Å². The van der Waals surface area contributed by atoms with Gasteiger partial charge in [-0.15, -0.1) is 0 Å². The first kappa shape index (κ1) is 55.3. The lowest BCUT2D eigenvalue weighted by molar-refractivity contribution is 0.424. The van der Waals surface area contributed by atoms with Gasteiger partial charge in [-0.3, -0.25) is 0 Å². The van der Waals surface area contributed by atoms with E-state index in [9.17, 15) is 0 Å². The van der Waals surface area contributed by atoms with Crippen LogP contribution in [0.4, 0.5) is 0 Å². The number of hydrogen-bond donors (Lipinski definition) is 0. The first-order valence-corrected chi connectivity index (χ1v) is 28.9. The summed E-state index contributed by atoms with van der Waals surface area (Å²) < 4.78 is 43.4. The smallest absolute Gasteiger partial charge is 0.408 e. The number of rotatable bonds is 5. The lowest BCUT2D eigenvalue weighted by atomic mass is 9.75. The van der Waals surface area contributed by atoms with Crippen molar-refractivity contribution in [3.05, 3.63) is 129 Å². The van der Waals surface area contributed by atoms with Crippen molar-refractivity contribution in [2.24, 2.45) is 0 Å². The van der Waals surface area contributed by atoms with Crippen molar-refractivity contribution in [2.75, 3.05) is 0 Å². The van der Waals surface area contributed by atoms with E-state index in [1.54, 1.807) is 0 Å². The van der Waals surface area contributed by atoms with E-state index in [0.29, 0.717) is 23.0 Å². The fourth-order valence-electron chi connectivity index (χ4n) is 9.58. The lowest BCUT2D eigenvalue weighted by Crippen LogP contribution is -2.20. The molecule has 0 N–H and O–H groups in total. The molecular weight excluding hydrogens is 951 g/mol. The number of fused-ring (bicyclic) bond motifs is 5. The van der Waals surface area contributed by atoms with Crippen LogP contribution in [0.5, 0.6) is 23.0 Å². The summed E-state index contributed by atoms with van der Waals surface area (Å²) in [5.74, 6) is 2.74. The summed E-state index contributed by atoms with van der Waals surface area (Å²) in [5.41, 5.74) is 10.5. The Labute approximate surface area is 447 Å². The fourth-order valence-corrected chi connectivity index (χ4v) is 11.8. The Bertz CT molecular complexity index is 3210. The molecule has 74 heavy (non-hydrogen) atoms. The van der Waals surface area contributed by atoms with Crippen molar-refractivity contribution in [2.45, 2.75) is 209 Å². The Kier molecular flexibility index (Phi) is 13.8. The van der Waals surface area contributed by atoms with E-state index in [1.165, 1.54) is 22.3 Å². The van der Waals surface area contributed by atoms with Gasteiger partial charge in [0.25, 0.3) is 0 Å². The second-order valence-electron chi connectivity index (χ2n) is 29.2. The number of hydrogen-bond acceptors (Lipinski definition) is 6. The molecule has 0 saturated carbocycles. The molecule has 0 spiro atoms. The molecule has 6 nitrogen and oxygen atoms in total. The van der Waals surface area contributed by atoms with Gasteiger partial charge >= 0.3 is 16.8 Å². The third kappa shape index (κ3) is 11.2. The highest BCUT2D eigenvalue weighted by atomic mass is 31.2. The van der Waals surface area contributed by atoms with Crippen LogP contribution in [0, 0.1) is 0 Å². The average Bonchev–Trinajstić information content (AvgIpc) is 3.55. The van der Waals surface area contributed by atoms with Crippen LogP contribution < -0.4 is 18.1 Å². The minimum absolute atomic E-state index is 0.135. The zero-order chi connectivity index (χ0) is 54.8. The summed E-state index contributed by atoms with van der Waals surface area (Å²) in [7, 11) is -4.08. The molecule has 0 saturated heterocycles. The fraction of sp³-hybridized carbons (Fsp3) is 0.485. The molecule has 0 bridgehead atoms. The molecule has 0 radical (unpaired) electrons. The Morgan fingerprint density at radius 1 is 0.338 bits per heavy atom. The molecule has 0 amide bonds. The van der Waals surface area contributed by atoms with Gasteiger partial charge in [0.15, 0.2) is 11.5 Å². The average molecular weight is 1040 g/mol. The van der Waals surface area contributed by atoms with Crippen LogP contribution in [0.15, 0.2) is 93.3 Å². The van der Waals surface area contributed by atoms with Crippen molar-refractivity contribution in [1.29, 1.82) is 0 Å². The zero-order valence-corrected chi connectivity index (χ0v) is 51.2. The lowest BCUT2D eigenvalue weighted by Gasteiger charge is -2.32. The minimum Gasteiger partial charge on any atom is -0.408 e. The van der Waals surface area contributed by atoms with Crippen molar-refractivity contribution < 1.29 is 26.5 Å². The van der Waals surface area contributed by atoms with Crippen LogP contribution in [0.2, 0.25) is 0 Å². The topological polar surface area (TPSA) is 63.2 Å². The SMILES string of the molecule is CC(C)(C)c1cc(-c2cc(C(C)(C)C)cc(C(C)(C)C)c2Op2oc3c(C(C)(C)C)cc(C(C)(C)C)cc3c3cc(C(C)(C)C)cc(C(C)(C)C)c3o2)c(OP2Oc3cc4ccccc4cc3O2)c(C(C)(C)C)c1. The Balaban J connectivity index is 1.52. The molecule has 6 aromatic carbocycles. The second-order valence-corrected chi connectivity index (χ2v) is 31.2.